The predicted octanol–water partition coefficient (Wildman–Crippen LogP) is 4.84. The van der Waals surface area contributed by atoms with Crippen molar-refractivity contribution < 1.29 is 4.57 Å². The van der Waals surface area contributed by atoms with Crippen molar-refractivity contribution in [1.29, 1.82) is 0 Å². The summed E-state index contributed by atoms with van der Waals surface area (Å²) in [4.78, 5) is 3.42. The van der Waals surface area contributed by atoms with Gasteiger partial charge in [-0.05, 0) is 31.2 Å². The molecule has 120 valence electrons. The zero-order chi connectivity index (χ0) is 15.5. The van der Waals surface area contributed by atoms with E-state index in [2.05, 4.69) is 59.2 Å². The van der Waals surface area contributed by atoms with Gasteiger partial charge in [0.25, 0.3) is 5.82 Å². The monoisotopic (exact) mass is 299 g/mol. The lowest BCUT2D eigenvalue weighted by atomic mass is 10.1. The molecule has 1 aromatic carbocycles. The zero-order valence-corrected chi connectivity index (χ0v) is 14.1. The molecule has 0 amide bonds. The molecule has 2 heteroatoms. The van der Waals surface area contributed by atoms with Gasteiger partial charge in [-0.2, -0.15) is 0 Å². The Bertz CT molecular complexity index is 501. The van der Waals surface area contributed by atoms with Crippen molar-refractivity contribution in [3.05, 3.63) is 54.1 Å². The molecule has 0 spiro atoms. The maximum absolute atomic E-state index is 3.42. The van der Waals surface area contributed by atoms with Crippen molar-refractivity contribution in [3.8, 4) is 0 Å². The number of aryl methyl sites for hydroxylation is 3. The van der Waals surface area contributed by atoms with Crippen LogP contribution in [0.5, 0.6) is 0 Å². The Balaban J connectivity index is 1.64. The largest absolute Gasteiger partial charge is 0.254 e. The van der Waals surface area contributed by atoms with Crippen LogP contribution in [-0.2, 0) is 19.4 Å². The third-order valence-electron chi connectivity index (χ3n) is 4.33. The molecule has 0 aliphatic heterocycles. The number of nitrogens with one attached hydrogen (secondary N) is 1. The second kappa shape index (κ2) is 10.2. The molecule has 0 saturated heterocycles. The van der Waals surface area contributed by atoms with Crippen LogP contribution < -0.4 is 4.57 Å². The van der Waals surface area contributed by atoms with Gasteiger partial charge in [-0.15, -0.1) is 0 Å². The van der Waals surface area contributed by atoms with E-state index in [4.69, 9.17) is 0 Å². The Labute approximate surface area is 135 Å². The number of hydrogen-bond acceptors (Lipinski definition) is 0. The van der Waals surface area contributed by atoms with Crippen molar-refractivity contribution in [2.45, 2.75) is 71.3 Å². The van der Waals surface area contributed by atoms with Crippen LogP contribution in [0, 0.1) is 0 Å². The van der Waals surface area contributed by atoms with E-state index in [-0.39, 0.29) is 0 Å². The van der Waals surface area contributed by atoms with Gasteiger partial charge in [-0.1, -0.05) is 62.9 Å². The van der Waals surface area contributed by atoms with E-state index in [0.29, 0.717) is 0 Å². The summed E-state index contributed by atoms with van der Waals surface area (Å²) in [6.45, 7) is 3.41. The molecule has 2 aromatic rings. The summed E-state index contributed by atoms with van der Waals surface area (Å²) in [5, 5.41) is 0. The normalized spacial score (nSPS) is 11.0. The lowest BCUT2D eigenvalue weighted by Crippen LogP contribution is -2.36. The number of unbranched alkanes of at least 4 members (excludes halogenated alkanes) is 5. The molecule has 1 aromatic heterocycles. The number of benzene rings is 1. The summed E-state index contributed by atoms with van der Waals surface area (Å²) in [5.74, 6) is 1.40. The van der Waals surface area contributed by atoms with Gasteiger partial charge in [0.2, 0.25) is 0 Å². The van der Waals surface area contributed by atoms with E-state index in [1.165, 1.54) is 69.2 Å². The third kappa shape index (κ3) is 6.05. The zero-order valence-electron chi connectivity index (χ0n) is 14.1. The fraction of sp³-hybridized carbons (Fsp3) is 0.550. The number of rotatable bonds is 11. The second-order valence-corrected chi connectivity index (χ2v) is 6.21. The lowest BCUT2D eigenvalue weighted by molar-refractivity contribution is -0.703. The Morgan fingerprint density at radius 1 is 0.864 bits per heavy atom. The first-order valence-corrected chi connectivity index (χ1v) is 8.99. The number of aromatic amines is 1. The molecule has 0 bridgehead atoms. The van der Waals surface area contributed by atoms with Crippen LogP contribution in [-0.4, -0.2) is 4.98 Å². The lowest BCUT2D eigenvalue weighted by Gasteiger charge is -2.03. The molecule has 0 fully saturated rings. The summed E-state index contributed by atoms with van der Waals surface area (Å²) in [6, 6.07) is 10.8. The van der Waals surface area contributed by atoms with Crippen LogP contribution in [0.15, 0.2) is 42.7 Å². The quantitative estimate of drug-likeness (QED) is 0.452. The Morgan fingerprint density at radius 2 is 1.64 bits per heavy atom. The van der Waals surface area contributed by atoms with Gasteiger partial charge >= 0.3 is 0 Å². The van der Waals surface area contributed by atoms with Gasteiger partial charge in [-0.25, -0.2) is 9.55 Å². The molecule has 1 heterocycles. The van der Waals surface area contributed by atoms with Crippen molar-refractivity contribution in [1.82, 2.24) is 4.98 Å². The average molecular weight is 299 g/mol. The van der Waals surface area contributed by atoms with Crippen LogP contribution in [0.2, 0.25) is 0 Å². The van der Waals surface area contributed by atoms with Crippen LogP contribution in [0.3, 0.4) is 0 Å². The molecule has 0 saturated carbocycles. The highest BCUT2D eigenvalue weighted by atomic mass is 15.1. The summed E-state index contributed by atoms with van der Waals surface area (Å²) in [7, 11) is 0. The van der Waals surface area contributed by atoms with Crippen molar-refractivity contribution >= 4 is 0 Å². The van der Waals surface area contributed by atoms with Gasteiger partial charge in [-0.3, -0.25) is 0 Å². The Morgan fingerprint density at radius 3 is 2.45 bits per heavy atom. The summed E-state index contributed by atoms with van der Waals surface area (Å²) in [6.07, 6.45) is 15.9. The van der Waals surface area contributed by atoms with Crippen LogP contribution in [0.1, 0.15) is 63.3 Å². The Hall–Kier alpha value is -1.57. The number of H-pyrrole nitrogens is 1. The van der Waals surface area contributed by atoms with E-state index in [9.17, 15) is 0 Å². The first-order chi connectivity index (χ1) is 10.9. The standard InChI is InChI=1S/C20H30N2/c1-2-3-4-5-9-15-20-21-16-18-22(20)17-11-10-14-19-12-7-6-8-13-19/h6-8,12-13,16,18H,2-5,9-11,14-15,17H2,1H3/p+1. The van der Waals surface area contributed by atoms with Gasteiger partial charge < -0.3 is 0 Å². The van der Waals surface area contributed by atoms with Crippen LogP contribution in [0.25, 0.3) is 0 Å². The van der Waals surface area contributed by atoms with E-state index in [1.54, 1.807) is 0 Å². The minimum Gasteiger partial charge on any atom is -0.248 e. The molecule has 2 rings (SSSR count). The Kier molecular flexibility index (Phi) is 7.79. The second-order valence-electron chi connectivity index (χ2n) is 6.21. The molecule has 22 heavy (non-hydrogen) atoms. The number of hydrogen-bond donors (Lipinski definition) is 1. The fourth-order valence-electron chi connectivity index (χ4n) is 2.97. The van der Waals surface area contributed by atoms with Gasteiger partial charge in [0.15, 0.2) is 0 Å². The maximum atomic E-state index is 3.42. The minimum absolute atomic E-state index is 1.14. The van der Waals surface area contributed by atoms with Crippen LogP contribution >= 0.6 is 0 Å². The molecule has 2 nitrogen and oxygen atoms in total. The topological polar surface area (TPSA) is 19.7 Å². The molecule has 0 aliphatic carbocycles. The van der Waals surface area contributed by atoms with Crippen molar-refractivity contribution in [2.24, 2.45) is 0 Å². The van der Waals surface area contributed by atoms with Crippen LogP contribution in [0.4, 0.5) is 0 Å². The van der Waals surface area contributed by atoms with Gasteiger partial charge in [0, 0.05) is 6.42 Å². The van der Waals surface area contributed by atoms with Gasteiger partial charge in [0.1, 0.15) is 12.4 Å². The molecular weight excluding hydrogens is 268 g/mol. The number of imidazole rings is 1. The van der Waals surface area contributed by atoms with E-state index < -0.39 is 0 Å². The highest BCUT2D eigenvalue weighted by Crippen LogP contribution is 2.07. The smallest absolute Gasteiger partial charge is 0.248 e. The molecule has 0 radical (unpaired) electrons. The van der Waals surface area contributed by atoms with E-state index in [1.807, 2.05) is 0 Å². The predicted molar refractivity (Wildman–Crippen MR) is 92.8 cm³/mol. The summed E-state index contributed by atoms with van der Waals surface area (Å²) in [5.41, 5.74) is 1.46. The fourth-order valence-corrected chi connectivity index (χ4v) is 2.97. The number of aromatic nitrogens is 2. The molecule has 0 atom stereocenters. The maximum Gasteiger partial charge on any atom is 0.254 e. The summed E-state index contributed by atoms with van der Waals surface area (Å²) >= 11 is 0. The summed E-state index contributed by atoms with van der Waals surface area (Å²) < 4.78 is 2.41. The molecular formula is C20H31N2+. The molecule has 0 aliphatic rings. The first-order valence-electron chi connectivity index (χ1n) is 8.99. The van der Waals surface area contributed by atoms with Crippen molar-refractivity contribution in [2.75, 3.05) is 0 Å². The highest BCUT2D eigenvalue weighted by Gasteiger charge is 2.09. The van der Waals surface area contributed by atoms with E-state index in [0.717, 1.165) is 6.54 Å². The minimum atomic E-state index is 1.14. The van der Waals surface area contributed by atoms with E-state index >= 15 is 0 Å². The average Bonchev–Trinajstić information content (AvgIpc) is 3.00. The number of nitrogens with zero attached hydrogens (tertiary/aromatic N) is 1. The van der Waals surface area contributed by atoms with Gasteiger partial charge in [0.05, 0.1) is 6.54 Å². The third-order valence-corrected chi connectivity index (χ3v) is 4.33. The first kappa shape index (κ1) is 16.8. The molecule has 0 unspecified atom stereocenters. The van der Waals surface area contributed by atoms with Crippen molar-refractivity contribution in [3.63, 3.8) is 0 Å². The highest BCUT2D eigenvalue weighted by molar-refractivity contribution is 5.14. The SMILES string of the molecule is CCCCCCCc1[nH]cc[n+]1CCCCc1ccccc1. The molecule has 1 N–H and O–H groups in total.